The highest BCUT2D eigenvalue weighted by molar-refractivity contribution is 7.08. The fourth-order valence-electron chi connectivity index (χ4n) is 2.04. The number of benzene rings is 1. The normalized spacial score (nSPS) is 18.2. The molecule has 78 valence electrons. The van der Waals surface area contributed by atoms with Crippen LogP contribution in [0.1, 0.15) is 5.56 Å². The second-order valence-corrected chi connectivity index (χ2v) is 5.13. The number of allylic oxidation sites excluding steroid dienone is 2. The third kappa shape index (κ3) is 1.85. The number of hydrogen-bond acceptors (Lipinski definition) is 1. The van der Waals surface area contributed by atoms with Gasteiger partial charge in [-0.15, -0.1) is 0 Å². The standard InChI is InChI=1S/C14H13BS/c15-14-7-11(14)6-12-8-16-9-13(12)10-4-2-1-3-5-10/h1-5,7-9,14H,6,15H2. The van der Waals surface area contributed by atoms with E-state index in [2.05, 4.69) is 55.0 Å². The van der Waals surface area contributed by atoms with E-state index >= 15 is 0 Å². The van der Waals surface area contributed by atoms with Crippen molar-refractivity contribution >= 4 is 19.2 Å². The van der Waals surface area contributed by atoms with Crippen LogP contribution < -0.4 is 0 Å². The van der Waals surface area contributed by atoms with Crippen LogP contribution in [0.2, 0.25) is 5.82 Å². The topological polar surface area (TPSA) is 0 Å². The summed E-state index contributed by atoms with van der Waals surface area (Å²) in [7, 11) is 2.27. The monoisotopic (exact) mass is 224 g/mol. The predicted molar refractivity (Wildman–Crippen MR) is 73.8 cm³/mol. The van der Waals surface area contributed by atoms with Crippen molar-refractivity contribution in [2.75, 3.05) is 0 Å². The highest BCUT2D eigenvalue weighted by Crippen LogP contribution is 2.38. The first-order valence-corrected chi connectivity index (χ1v) is 6.60. The Morgan fingerprint density at radius 2 is 1.88 bits per heavy atom. The van der Waals surface area contributed by atoms with Crippen molar-refractivity contribution in [3.05, 3.63) is 58.3 Å². The minimum atomic E-state index is 0.739. The highest BCUT2D eigenvalue weighted by Gasteiger charge is 2.20. The third-order valence-corrected chi connectivity index (χ3v) is 3.95. The van der Waals surface area contributed by atoms with Gasteiger partial charge in [0.25, 0.3) is 0 Å². The summed E-state index contributed by atoms with van der Waals surface area (Å²) < 4.78 is 0. The Labute approximate surface area is 101 Å². The van der Waals surface area contributed by atoms with Crippen LogP contribution in [0.5, 0.6) is 0 Å². The zero-order chi connectivity index (χ0) is 11.0. The average molecular weight is 224 g/mol. The lowest BCUT2D eigenvalue weighted by Gasteiger charge is -2.02. The van der Waals surface area contributed by atoms with Crippen LogP contribution in [0.15, 0.2) is 52.7 Å². The molecule has 0 saturated heterocycles. The van der Waals surface area contributed by atoms with E-state index in [0.29, 0.717) is 0 Å². The molecule has 1 unspecified atom stereocenters. The summed E-state index contributed by atoms with van der Waals surface area (Å²) in [5, 5.41) is 4.55. The Morgan fingerprint density at radius 3 is 2.56 bits per heavy atom. The Bertz CT molecular complexity index is 525. The van der Waals surface area contributed by atoms with E-state index in [9.17, 15) is 0 Å². The highest BCUT2D eigenvalue weighted by atomic mass is 32.1. The van der Waals surface area contributed by atoms with Gasteiger partial charge >= 0.3 is 0 Å². The summed E-state index contributed by atoms with van der Waals surface area (Å²) in [4.78, 5) is 0. The van der Waals surface area contributed by atoms with E-state index in [1.165, 1.54) is 16.7 Å². The van der Waals surface area contributed by atoms with Crippen molar-refractivity contribution in [2.24, 2.45) is 0 Å². The molecule has 1 atom stereocenters. The Hall–Kier alpha value is -1.28. The first-order chi connectivity index (χ1) is 7.84. The minimum Gasteiger partial charge on any atom is -0.151 e. The lowest BCUT2D eigenvalue weighted by Crippen LogP contribution is -1.85. The van der Waals surface area contributed by atoms with Crippen molar-refractivity contribution in [3.8, 4) is 11.1 Å². The molecule has 0 spiro atoms. The molecular formula is C14H13BS. The van der Waals surface area contributed by atoms with E-state index in [-0.39, 0.29) is 0 Å². The van der Waals surface area contributed by atoms with Gasteiger partial charge in [-0.05, 0) is 39.7 Å². The summed E-state index contributed by atoms with van der Waals surface area (Å²) in [6.07, 6.45) is 3.49. The number of hydrogen-bond donors (Lipinski definition) is 0. The lowest BCUT2D eigenvalue weighted by molar-refractivity contribution is 1.21. The molecule has 2 heteroatoms. The number of rotatable bonds is 3. The summed E-state index contributed by atoms with van der Waals surface area (Å²) in [6, 6.07) is 10.7. The van der Waals surface area contributed by atoms with Crippen molar-refractivity contribution in [1.82, 2.24) is 0 Å². The molecule has 0 nitrogen and oxygen atoms in total. The molecule has 3 rings (SSSR count). The fourth-order valence-corrected chi connectivity index (χ4v) is 2.91. The van der Waals surface area contributed by atoms with Gasteiger partial charge in [0.2, 0.25) is 0 Å². The summed E-state index contributed by atoms with van der Waals surface area (Å²) >= 11 is 1.80. The molecular weight excluding hydrogens is 211 g/mol. The summed E-state index contributed by atoms with van der Waals surface area (Å²) in [6.45, 7) is 0. The van der Waals surface area contributed by atoms with Crippen molar-refractivity contribution < 1.29 is 0 Å². The van der Waals surface area contributed by atoms with Crippen LogP contribution in [0.4, 0.5) is 0 Å². The van der Waals surface area contributed by atoms with Crippen LogP contribution in [-0.4, -0.2) is 7.85 Å². The Kier molecular flexibility index (Phi) is 2.45. The molecule has 0 N–H and O–H groups in total. The largest absolute Gasteiger partial charge is 0.151 e. The summed E-state index contributed by atoms with van der Waals surface area (Å²) in [5.41, 5.74) is 5.82. The predicted octanol–water partition coefficient (Wildman–Crippen LogP) is 3.32. The van der Waals surface area contributed by atoms with Crippen LogP contribution in [0.3, 0.4) is 0 Å². The summed E-state index contributed by atoms with van der Waals surface area (Å²) in [5.74, 6) is 0.739. The molecule has 1 aromatic carbocycles. The van der Waals surface area contributed by atoms with E-state index in [4.69, 9.17) is 0 Å². The van der Waals surface area contributed by atoms with Crippen LogP contribution in [0, 0.1) is 0 Å². The zero-order valence-electron chi connectivity index (χ0n) is 9.31. The van der Waals surface area contributed by atoms with E-state index in [1.807, 2.05) is 0 Å². The van der Waals surface area contributed by atoms with E-state index < -0.39 is 0 Å². The molecule has 1 aliphatic rings. The Balaban J connectivity index is 1.91. The first-order valence-electron chi connectivity index (χ1n) is 5.65. The number of thiophene rings is 1. The molecule has 0 saturated carbocycles. The van der Waals surface area contributed by atoms with Crippen molar-refractivity contribution in [1.29, 1.82) is 0 Å². The van der Waals surface area contributed by atoms with E-state index in [1.54, 1.807) is 16.9 Å². The molecule has 0 aliphatic heterocycles. The third-order valence-electron chi connectivity index (χ3n) is 3.16. The van der Waals surface area contributed by atoms with Gasteiger partial charge in [-0.3, -0.25) is 0 Å². The molecule has 1 aromatic heterocycles. The quantitative estimate of drug-likeness (QED) is 0.554. The van der Waals surface area contributed by atoms with Gasteiger partial charge in [0.1, 0.15) is 7.85 Å². The zero-order valence-corrected chi connectivity index (χ0v) is 10.1. The van der Waals surface area contributed by atoms with Crippen LogP contribution >= 0.6 is 11.3 Å². The van der Waals surface area contributed by atoms with Crippen LogP contribution in [-0.2, 0) is 6.42 Å². The molecule has 16 heavy (non-hydrogen) atoms. The smallest absolute Gasteiger partial charge is 0.115 e. The Morgan fingerprint density at radius 1 is 1.12 bits per heavy atom. The fraction of sp³-hybridized carbons (Fsp3) is 0.143. The minimum absolute atomic E-state index is 0.739. The van der Waals surface area contributed by atoms with Gasteiger partial charge < -0.3 is 0 Å². The van der Waals surface area contributed by atoms with Crippen molar-refractivity contribution in [2.45, 2.75) is 12.2 Å². The molecule has 1 heterocycles. The van der Waals surface area contributed by atoms with Crippen LogP contribution in [0.25, 0.3) is 11.1 Å². The molecule has 0 radical (unpaired) electrons. The van der Waals surface area contributed by atoms with Gasteiger partial charge in [-0.1, -0.05) is 42.0 Å². The van der Waals surface area contributed by atoms with Gasteiger partial charge in [-0.25, -0.2) is 0 Å². The van der Waals surface area contributed by atoms with Gasteiger partial charge in [0.05, 0.1) is 0 Å². The maximum atomic E-state index is 2.35. The first kappa shape index (κ1) is 9.92. The van der Waals surface area contributed by atoms with E-state index in [0.717, 1.165) is 12.2 Å². The second kappa shape index (κ2) is 3.95. The molecule has 0 amide bonds. The molecule has 2 aromatic rings. The SMILES string of the molecule is BC1C=C1Cc1cscc1-c1ccccc1. The maximum absolute atomic E-state index is 2.35. The van der Waals surface area contributed by atoms with Gasteiger partial charge in [-0.2, -0.15) is 11.3 Å². The lowest BCUT2D eigenvalue weighted by atomic mass is 9.93. The maximum Gasteiger partial charge on any atom is 0.115 e. The van der Waals surface area contributed by atoms with Gasteiger partial charge in [0, 0.05) is 0 Å². The van der Waals surface area contributed by atoms with Gasteiger partial charge in [0.15, 0.2) is 0 Å². The van der Waals surface area contributed by atoms with Crippen molar-refractivity contribution in [3.63, 3.8) is 0 Å². The molecule has 0 bridgehead atoms. The second-order valence-electron chi connectivity index (χ2n) is 4.38. The molecule has 1 aliphatic carbocycles. The average Bonchev–Trinajstić information content (AvgIpc) is 2.82. The molecule has 0 fully saturated rings.